The van der Waals surface area contributed by atoms with Crippen LogP contribution in [-0.2, 0) is 11.3 Å². The molecule has 0 radical (unpaired) electrons. The molecule has 132 valence electrons. The number of pyridine rings is 1. The minimum atomic E-state index is -0.281. The smallest absolute Gasteiger partial charge is 0.253 e. The monoisotopic (exact) mass is 359 g/mol. The summed E-state index contributed by atoms with van der Waals surface area (Å²) in [5.74, 6) is -0.326. The molecule has 1 heterocycles. The molecule has 1 aromatic carbocycles. The number of aromatic nitrogens is 1. The van der Waals surface area contributed by atoms with Gasteiger partial charge in [-0.05, 0) is 36.8 Å². The lowest BCUT2D eigenvalue weighted by Gasteiger charge is -2.09. The molecule has 2 rings (SSSR count). The van der Waals surface area contributed by atoms with Crippen LogP contribution >= 0.6 is 11.6 Å². The van der Waals surface area contributed by atoms with Crippen LogP contribution in [0.15, 0.2) is 42.6 Å². The van der Waals surface area contributed by atoms with Crippen molar-refractivity contribution in [3.8, 4) is 0 Å². The fourth-order valence-electron chi connectivity index (χ4n) is 2.30. The number of carbonyl (C=O) groups excluding carboxylic acids is 2. The van der Waals surface area contributed by atoms with Gasteiger partial charge in [0.25, 0.3) is 5.91 Å². The molecular weight excluding hydrogens is 338 g/mol. The van der Waals surface area contributed by atoms with Gasteiger partial charge in [-0.1, -0.05) is 37.4 Å². The van der Waals surface area contributed by atoms with Crippen LogP contribution in [0.5, 0.6) is 0 Å². The summed E-state index contributed by atoms with van der Waals surface area (Å²) in [6.45, 7) is 2.42. The molecule has 0 aliphatic carbocycles. The first-order valence-corrected chi connectivity index (χ1v) is 8.75. The zero-order chi connectivity index (χ0) is 18.1. The summed E-state index contributed by atoms with van der Waals surface area (Å²) >= 11 is 6.19. The van der Waals surface area contributed by atoms with Crippen molar-refractivity contribution < 1.29 is 9.59 Å². The van der Waals surface area contributed by atoms with Crippen molar-refractivity contribution >= 4 is 29.1 Å². The molecule has 6 heteroatoms. The van der Waals surface area contributed by atoms with Crippen molar-refractivity contribution in [1.82, 2.24) is 10.3 Å². The summed E-state index contributed by atoms with van der Waals surface area (Å²) in [5, 5.41) is 5.87. The van der Waals surface area contributed by atoms with Crippen LogP contribution < -0.4 is 10.6 Å². The third-order valence-electron chi connectivity index (χ3n) is 3.66. The third-order valence-corrected chi connectivity index (χ3v) is 3.97. The first-order valence-electron chi connectivity index (χ1n) is 8.37. The van der Waals surface area contributed by atoms with E-state index in [2.05, 4.69) is 22.5 Å². The maximum Gasteiger partial charge on any atom is 0.253 e. The van der Waals surface area contributed by atoms with Crippen molar-refractivity contribution in [3.63, 3.8) is 0 Å². The number of anilines is 1. The predicted octanol–water partition coefficient (Wildman–Crippen LogP) is 4.18. The fraction of sp³-hybridized carbons (Fsp3) is 0.316. The second-order valence-electron chi connectivity index (χ2n) is 5.70. The largest absolute Gasteiger partial charge is 0.346 e. The van der Waals surface area contributed by atoms with Crippen molar-refractivity contribution in [2.75, 3.05) is 5.32 Å². The molecule has 2 aromatic rings. The highest BCUT2D eigenvalue weighted by molar-refractivity contribution is 6.34. The number of nitrogens with zero attached hydrogens (tertiary/aromatic N) is 1. The molecule has 0 unspecified atom stereocenters. The van der Waals surface area contributed by atoms with Gasteiger partial charge in [0.1, 0.15) is 0 Å². The summed E-state index contributed by atoms with van der Waals surface area (Å²) in [6, 6.07) is 10.4. The van der Waals surface area contributed by atoms with Gasteiger partial charge in [0.15, 0.2) is 0 Å². The van der Waals surface area contributed by atoms with Crippen LogP contribution in [0.3, 0.4) is 0 Å². The molecular formula is C19H22ClN3O2. The number of hydrogen-bond donors (Lipinski definition) is 2. The number of benzene rings is 1. The van der Waals surface area contributed by atoms with Crippen molar-refractivity contribution in [3.05, 3.63) is 58.9 Å². The SMILES string of the molecule is CCCCCC(=O)Nc1ccc(C(=O)NCc2ccccn2)c(Cl)c1. The van der Waals surface area contributed by atoms with Gasteiger partial charge in [0, 0.05) is 18.3 Å². The molecule has 0 saturated carbocycles. The second-order valence-corrected chi connectivity index (χ2v) is 6.11. The topological polar surface area (TPSA) is 71.1 Å². The lowest BCUT2D eigenvalue weighted by Crippen LogP contribution is -2.23. The molecule has 0 spiro atoms. The molecule has 25 heavy (non-hydrogen) atoms. The van der Waals surface area contributed by atoms with Crippen LogP contribution in [-0.4, -0.2) is 16.8 Å². The van der Waals surface area contributed by atoms with E-state index in [1.165, 1.54) is 0 Å². The lowest BCUT2D eigenvalue weighted by atomic mass is 10.1. The number of carbonyl (C=O) groups is 2. The standard InChI is InChI=1S/C19H22ClN3O2/c1-2-3-4-8-18(24)23-14-9-10-16(17(20)12-14)19(25)22-13-15-7-5-6-11-21-15/h5-7,9-12H,2-4,8,13H2,1H3,(H,22,25)(H,23,24). The van der Waals surface area contributed by atoms with Crippen LogP contribution in [0, 0.1) is 0 Å². The summed E-state index contributed by atoms with van der Waals surface area (Å²) < 4.78 is 0. The Morgan fingerprint density at radius 1 is 1.16 bits per heavy atom. The van der Waals surface area contributed by atoms with Gasteiger partial charge in [-0.15, -0.1) is 0 Å². The molecule has 0 aliphatic rings. The van der Waals surface area contributed by atoms with Gasteiger partial charge >= 0.3 is 0 Å². The number of rotatable bonds is 8. The van der Waals surface area contributed by atoms with E-state index in [9.17, 15) is 9.59 Å². The van der Waals surface area contributed by atoms with E-state index in [-0.39, 0.29) is 11.8 Å². The van der Waals surface area contributed by atoms with Gasteiger partial charge in [0.05, 0.1) is 22.8 Å². The fourth-order valence-corrected chi connectivity index (χ4v) is 2.57. The summed E-state index contributed by atoms with van der Waals surface area (Å²) in [5.41, 5.74) is 1.72. The Labute approximate surface area is 152 Å². The van der Waals surface area contributed by atoms with Crippen LogP contribution in [0.2, 0.25) is 5.02 Å². The molecule has 1 aromatic heterocycles. The number of halogens is 1. The van der Waals surface area contributed by atoms with Gasteiger partial charge < -0.3 is 10.6 Å². The Balaban J connectivity index is 1.92. The average molecular weight is 360 g/mol. The first kappa shape index (κ1) is 18.9. The molecule has 2 amide bonds. The quantitative estimate of drug-likeness (QED) is 0.694. The van der Waals surface area contributed by atoms with E-state index in [1.807, 2.05) is 18.2 Å². The Kier molecular flexibility index (Phi) is 7.41. The molecule has 0 bridgehead atoms. The van der Waals surface area contributed by atoms with E-state index in [1.54, 1.807) is 24.4 Å². The summed E-state index contributed by atoms with van der Waals surface area (Å²) in [6.07, 6.45) is 5.12. The molecule has 0 fully saturated rings. The zero-order valence-electron chi connectivity index (χ0n) is 14.2. The van der Waals surface area contributed by atoms with Crippen molar-refractivity contribution in [2.24, 2.45) is 0 Å². The van der Waals surface area contributed by atoms with Gasteiger partial charge in [-0.2, -0.15) is 0 Å². The predicted molar refractivity (Wildman–Crippen MR) is 99.6 cm³/mol. The van der Waals surface area contributed by atoms with E-state index in [0.717, 1.165) is 25.0 Å². The Hall–Kier alpha value is -2.40. The number of amides is 2. The van der Waals surface area contributed by atoms with Crippen molar-refractivity contribution in [1.29, 1.82) is 0 Å². The highest BCUT2D eigenvalue weighted by Gasteiger charge is 2.12. The normalized spacial score (nSPS) is 10.3. The van der Waals surface area contributed by atoms with Crippen molar-refractivity contribution in [2.45, 2.75) is 39.2 Å². The summed E-state index contributed by atoms with van der Waals surface area (Å²) in [7, 11) is 0. The molecule has 2 N–H and O–H groups in total. The van der Waals surface area contributed by atoms with Crippen LogP contribution in [0.25, 0.3) is 0 Å². The first-order chi connectivity index (χ1) is 12.1. The molecule has 0 atom stereocenters. The maximum atomic E-state index is 12.2. The Bertz CT molecular complexity index is 720. The number of unbranched alkanes of at least 4 members (excludes halogenated alkanes) is 2. The minimum Gasteiger partial charge on any atom is -0.346 e. The lowest BCUT2D eigenvalue weighted by molar-refractivity contribution is -0.116. The Morgan fingerprint density at radius 3 is 2.68 bits per heavy atom. The third kappa shape index (κ3) is 6.19. The van der Waals surface area contributed by atoms with E-state index in [0.29, 0.717) is 29.2 Å². The molecule has 5 nitrogen and oxygen atoms in total. The number of nitrogens with one attached hydrogen (secondary N) is 2. The van der Waals surface area contributed by atoms with Gasteiger partial charge in [-0.3, -0.25) is 14.6 Å². The van der Waals surface area contributed by atoms with E-state index in [4.69, 9.17) is 11.6 Å². The molecule has 0 saturated heterocycles. The highest BCUT2D eigenvalue weighted by Crippen LogP contribution is 2.21. The zero-order valence-corrected chi connectivity index (χ0v) is 15.0. The molecule has 0 aliphatic heterocycles. The Morgan fingerprint density at radius 2 is 2.00 bits per heavy atom. The number of hydrogen-bond acceptors (Lipinski definition) is 3. The highest BCUT2D eigenvalue weighted by atomic mass is 35.5. The van der Waals surface area contributed by atoms with Gasteiger partial charge in [-0.25, -0.2) is 0 Å². The van der Waals surface area contributed by atoms with E-state index < -0.39 is 0 Å². The summed E-state index contributed by atoms with van der Waals surface area (Å²) in [4.78, 5) is 28.2. The maximum absolute atomic E-state index is 12.2. The second kappa shape index (κ2) is 9.79. The van der Waals surface area contributed by atoms with E-state index >= 15 is 0 Å². The average Bonchev–Trinajstić information content (AvgIpc) is 2.61. The minimum absolute atomic E-state index is 0.0446. The van der Waals surface area contributed by atoms with Crippen LogP contribution in [0.1, 0.15) is 48.7 Å². The van der Waals surface area contributed by atoms with Crippen LogP contribution in [0.4, 0.5) is 5.69 Å². The van der Waals surface area contributed by atoms with Gasteiger partial charge in [0.2, 0.25) is 5.91 Å².